The van der Waals surface area contributed by atoms with Crippen molar-refractivity contribution in [2.75, 3.05) is 18.6 Å². The maximum absolute atomic E-state index is 10.9. The van der Waals surface area contributed by atoms with Crippen LogP contribution >= 0.6 is 0 Å². The van der Waals surface area contributed by atoms with E-state index in [9.17, 15) is 8.42 Å². The van der Waals surface area contributed by atoms with E-state index in [1.54, 1.807) is 10.9 Å². The van der Waals surface area contributed by atoms with Crippen LogP contribution in [0, 0.1) is 0 Å². The predicted octanol–water partition coefficient (Wildman–Crippen LogP) is 0.115. The Balaban J connectivity index is 2.40. The van der Waals surface area contributed by atoms with Gasteiger partial charge in [-0.1, -0.05) is 0 Å². The normalized spacial score (nSPS) is 14.1. The van der Waals surface area contributed by atoms with E-state index < -0.39 is 9.84 Å². The zero-order valence-electron chi connectivity index (χ0n) is 9.27. The van der Waals surface area contributed by atoms with Crippen LogP contribution in [0.3, 0.4) is 0 Å². The van der Waals surface area contributed by atoms with Gasteiger partial charge in [-0.15, -0.1) is 0 Å². The van der Waals surface area contributed by atoms with E-state index in [2.05, 4.69) is 10.4 Å². The van der Waals surface area contributed by atoms with Crippen LogP contribution in [0.15, 0.2) is 12.4 Å². The summed E-state index contributed by atoms with van der Waals surface area (Å²) in [4.78, 5) is 0. The fraction of sp³-hybridized carbons (Fsp3) is 0.667. The molecule has 0 aliphatic heterocycles. The fourth-order valence-electron chi connectivity index (χ4n) is 1.24. The van der Waals surface area contributed by atoms with Crippen LogP contribution < -0.4 is 5.32 Å². The molecule has 0 aliphatic rings. The molecule has 1 unspecified atom stereocenters. The summed E-state index contributed by atoms with van der Waals surface area (Å²) in [5, 5.41) is 7.19. The van der Waals surface area contributed by atoms with Crippen molar-refractivity contribution < 1.29 is 8.42 Å². The third-order valence-corrected chi connectivity index (χ3v) is 3.09. The molecule has 1 aromatic rings. The smallest absolute Gasteiger partial charge is 0.148 e. The molecule has 1 aromatic heterocycles. The summed E-state index contributed by atoms with van der Waals surface area (Å²) >= 11 is 0. The zero-order valence-corrected chi connectivity index (χ0v) is 10.1. The largest absolute Gasteiger partial charge is 0.309 e. The molecular weight excluding hydrogens is 214 g/mol. The number of nitrogens with zero attached hydrogens (tertiary/aromatic N) is 2. The number of rotatable bonds is 5. The maximum atomic E-state index is 10.9. The first-order chi connectivity index (χ1) is 6.88. The van der Waals surface area contributed by atoms with E-state index in [1.165, 1.54) is 6.26 Å². The van der Waals surface area contributed by atoms with Gasteiger partial charge in [0.25, 0.3) is 0 Å². The first-order valence-electron chi connectivity index (χ1n) is 4.78. The molecule has 0 bridgehead atoms. The van der Waals surface area contributed by atoms with Crippen LogP contribution in [0.25, 0.3) is 0 Å². The van der Waals surface area contributed by atoms with Gasteiger partial charge in [0.1, 0.15) is 9.84 Å². The van der Waals surface area contributed by atoms with Crippen molar-refractivity contribution >= 4 is 9.84 Å². The molecule has 1 atom stereocenters. The molecule has 1 heterocycles. The molecule has 0 radical (unpaired) electrons. The number of aryl methyl sites for hydroxylation is 1. The summed E-state index contributed by atoms with van der Waals surface area (Å²) in [6.07, 6.45) is 4.93. The number of hydrogen-bond acceptors (Lipinski definition) is 4. The summed E-state index contributed by atoms with van der Waals surface area (Å²) in [5.74, 6) is 0.164. The van der Waals surface area contributed by atoms with E-state index >= 15 is 0 Å². The van der Waals surface area contributed by atoms with Crippen LogP contribution in [-0.4, -0.2) is 36.8 Å². The molecule has 0 saturated heterocycles. The topological polar surface area (TPSA) is 64.0 Å². The monoisotopic (exact) mass is 231 g/mol. The number of sulfone groups is 1. The molecule has 15 heavy (non-hydrogen) atoms. The summed E-state index contributed by atoms with van der Waals surface area (Å²) < 4.78 is 23.5. The third kappa shape index (κ3) is 4.44. The highest BCUT2D eigenvalue weighted by Gasteiger charge is 2.08. The Morgan fingerprint density at radius 1 is 1.60 bits per heavy atom. The van der Waals surface area contributed by atoms with Gasteiger partial charge in [0.15, 0.2) is 0 Å². The standard InChI is InChI=1S/C9H17N3O2S/c1-8(9-6-11-12(2)7-9)10-4-5-15(3,13)14/h6-8,10H,4-5H2,1-3H3. The van der Waals surface area contributed by atoms with Gasteiger partial charge >= 0.3 is 0 Å². The van der Waals surface area contributed by atoms with Gasteiger partial charge in [-0.25, -0.2) is 8.42 Å². The second kappa shape index (κ2) is 4.76. The highest BCUT2D eigenvalue weighted by Crippen LogP contribution is 2.09. The molecular formula is C9H17N3O2S. The Kier molecular flexibility index (Phi) is 3.87. The predicted molar refractivity (Wildman–Crippen MR) is 59.3 cm³/mol. The second-order valence-electron chi connectivity index (χ2n) is 3.75. The molecule has 0 amide bonds. The van der Waals surface area contributed by atoms with Crippen LogP contribution in [0.2, 0.25) is 0 Å². The minimum absolute atomic E-state index is 0.125. The Bertz CT molecular complexity index is 411. The summed E-state index contributed by atoms with van der Waals surface area (Å²) in [6.45, 7) is 2.45. The van der Waals surface area contributed by atoms with Crippen molar-refractivity contribution in [2.45, 2.75) is 13.0 Å². The molecule has 0 aliphatic carbocycles. The van der Waals surface area contributed by atoms with Crippen molar-refractivity contribution in [3.63, 3.8) is 0 Å². The quantitative estimate of drug-likeness (QED) is 0.781. The van der Waals surface area contributed by atoms with Crippen molar-refractivity contribution in [3.05, 3.63) is 18.0 Å². The van der Waals surface area contributed by atoms with E-state index in [4.69, 9.17) is 0 Å². The van der Waals surface area contributed by atoms with Gasteiger partial charge in [-0.05, 0) is 6.92 Å². The molecule has 1 N–H and O–H groups in total. The van der Waals surface area contributed by atoms with Crippen LogP contribution in [0.1, 0.15) is 18.5 Å². The lowest BCUT2D eigenvalue weighted by Crippen LogP contribution is -2.25. The lowest BCUT2D eigenvalue weighted by atomic mass is 10.2. The lowest BCUT2D eigenvalue weighted by molar-refractivity contribution is 0.575. The number of aromatic nitrogens is 2. The van der Waals surface area contributed by atoms with Crippen molar-refractivity contribution in [1.29, 1.82) is 0 Å². The van der Waals surface area contributed by atoms with Gasteiger partial charge in [-0.2, -0.15) is 5.10 Å². The van der Waals surface area contributed by atoms with E-state index in [0.29, 0.717) is 6.54 Å². The minimum Gasteiger partial charge on any atom is -0.309 e. The van der Waals surface area contributed by atoms with Gasteiger partial charge in [0.2, 0.25) is 0 Å². The Morgan fingerprint density at radius 2 is 2.27 bits per heavy atom. The summed E-state index contributed by atoms with van der Waals surface area (Å²) in [6, 6.07) is 0.125. The van der Waals surface area contributed by atoms with Crippen molar-refractivity contribution in [2.24, 2.45) is 7.05 Å². The zero-order chi connectivity index (χ0) is 11.5. The first kappa shape index (κ1) is 12.2. The second-order valence-corrected chi connectivity index (χ2v) is 6.01. The third-order valence-electron chi connectivity index (χ3n) is 2.15. The molecule has 5 nitrogen and oxygen atoms in total. The molecule has 1 rings (SSSR count). The minimum atomic E-state index is -2.88. The van der Waals surface area contributed by atoms with E-state index in [1.807, 2.05) is 20.2 Å². The molecule has 0 aromatic carbocycles. The lowest BCUT2D eigenvalue weighted by Gasteiger charge is -2.10. The first-order valence-corrected chi connectivity index (χ1v) is 6.84. The fourth-order valence-corrected chi connectivity index (χ4v) is 1.73. The molecule has 6 heteroatoms. The Morgan fingerprint density at radius 3 is 2.73 bits per heavy atom. The molecule has 86 valence electrons. The van der Waals surface area contributed by atoms with Gasteiger partial charge in [0, 0.05) is 37.7 Å². The highest BCUT2D eigenvalue weighted by atomic mass is 32.2. The average molecular weight is 231 g/mol. The average Bonchev–Trinajstić information content (AvgIpc) is 2.49. The van der Waals surface area contributed by atoms with Gasteiger partial charge < -0.3 is 5.32 Å². The summed E-state index contributed by atoms with van der Waals surface area (Å²) in [5.41, 5.74) is 1.06. The molecule has 0 fully saturated rings. The van der Waals surface area contributed by atoms with Crippen molar-refractivity contribution in [3.8, 4) is 0 Å². The Labute approximate surface area is 90.4 Å². The maximum Gasteiger partial charge on any atom is 0.148 e. The van der Waals surface area contributed by atoms with E-state index in [-0.39, 0.29) is 11.8 Å². The Hall–Kier alpha value is -0.880. The van der Waals surface area contributed by atoms with Crippen molar-refractivity contribution in [1.82, 2.24) is 15.1 Å². The number of nitrogens with one attached hydrogen (secondary N) is 1. The van der Waals surface area contributed by atoms with Crippen LogP contribution in [0.4, 0.5) is 0 Å². The highest BCUT2D eigenvalue weighted by molar-refractivity contribution is 7.90. The molecule has 0 saturated carbocycles. The van der Waals surface area contributed by atoms with Crippen LogP contribution in [-0.2, 0) is 16.9 Å². The SMILES string of the molecule is CC(NCCS(C)(=O)=O)c1cnn(C)c1. The van der Waals surface area contributed by atoms with Crippen LogP contribution in [0.5, 0.6) is 0 Å². The van der Waals surface area contributed by atoms with E-state index in [0.717, 1.165) is 5.56 Å². The molecule has 0 spiro atoms. The van der Waals surface area contributed by atoms with Gasteiger partial charge in [0.05, 0.1) is 11.9 Å². The summed E-state index contributed by atoms with van der Waals surface area (Å²) in [7, 11) is -1.03. The van der Waals surface area contributed by atoms with Gasteiger partial charge in [-0.3, -0.25) is 4.68 Å². The number of hydrogen-bond donors (Lipinski definition) is 1.